The molecular weight excluding hydrogens is 360 g/mol. The minimum absolute atomic E-state index is 0.930. The van der Waals surface area contributed by atoms with Crippen molar-refractivity contribution in [2.24, 2.45) is 0 Å². The summed E-state index contributed by atoms with van der Waals surface area (Å²) >= 11 is 0. The van der Waals surface area contributed by atoms with Gasteiger partial charge in [0.15, 0.2) is 0 Å². The zero-order valence-electron chi connectivity index (χ0n) is 17.2. The van der Waals surface area contributed by atoms with E-state index < -0.39 is 0 Å². The van der Waals surface area contributed by atoms with Gasteiger partial charge in [-0.1, -0.05) is 115 Å². The number of fused-ring (bicyclic) bond motifs is 1. The van der Waals surface area contributed by atoms with Gasteiger partial charge >= 0.3 is 0 Å². The average molecular weight is 385 g/mol. The third kappa shape index (κ3) is 3.42. The van der Waals surface area contributed by atoms with Crippen molar-refractivity contribution in [2.45, 2.75) is 13.3 Å². The molecule has 0 amide bonds. The van der Waals surface area contributed by atoms with Crippen molar-refractivity contribution in [1.29, 1.82) is 0 Å². The summed E-state index contributed by atoms with van der Waals surface area (Å²) in [5, 5.41) is 2.59. The van der Waals surface area contributed by atoms with Gasteiger partial charge in [0.05, 0.1) is 0 Å². The van der Waals surface area contributed by atoms with Crippen LogP contribution < -0.4 is 0 Å². The van der Waals surface area contributed by atoms with E-state index in [1.807, 2.05) is 0 Å². The Morgan fingerprint density at radius 2 is 1.13 bits per heavy atom. The summed E-state index contributed by atoms with van der Waals surface area (Å²) in [5.74, 6) is 0. The molecule has 5 rings (SSSR count). The monoisotopic (exact) mass is 384 g/mol. The average Bonchev–Trinajstić information content (AvgIpc) is 2.80. The fourth-order valence-corrected chi connectivity index (χ4v) is 4.43. The molecule has 0 aliphatic rings. The summed E-state index contributed by atoms with van der Waals surface area (Å²) in [6.07, 6.45) is 0.930. The van der Waals surface area contributed by atoms with Gasteiger partial charge in [-0.05, 0) is 63.1 Å². The number of aryl methyl sites for hydroxylation is 1. The second-order valence-corrected chi connectivity index (χ2v) is 7.84. The van der Waals surface area contributed by atoms with Gasteiger partial charge in [-0.3, -0.25) is 0 Å². The van der Waals surface area contributed by atoms with Crippen molar-refractivity contribution >= 4 is 10.8 Å². The second-order valence-electron chi connectivity index (χ2n) is 7.84. The Kier molecular flexibility index (Phi) is 4.91. The fraction of sp³-hybridized carbons (Fsp3) is 0.0667. The summed E-state index contributed by atoms with van der Waals surface area (Å²) in [6.45, 7) is 2.22. The molecule has 0 radical (unpaired) electrons. The Balaban J connectivity index is 1.71. The smallest absolute Gasteiger partial charge is 0.00196 e. The summed E-state index contributed by atoms with van der Waals surface area (Å²) < 4.78 is 0. The van der Waals surface area contributed by atoms with E-state index in [4.69, 9.17) is 0 Å². The molecule has 0 N–H and O–H groups in total. The zero-order valence-corrected chi connectivity index (χ0v) is 17.2. The number of benzene rings is 5. The van der Waals surface area contributed by atoms with E-state index in [-0.39, 0.29) is 0 Å². The minimum Gasteiger partial charge on any atom is -0.0622 e. The Labute approximate surface area is 178 Å². The molecule has 0 aliphatic heterocycles. The maximum atomic E-state index is 2.27. The van der Waals surface area contributed by atoms with Crippen LogP contribution in [0.25, 0.3) is 33.0 Å². The van der Waals surface area contributed by atoms with Gasteiger partial charge in [0, 0.05) is 0 Å². The van der Waals surface area contributed by atoms with Gasteiger partial charge in [-0.15, -0.1) is 0 Å². The van der Waals surface area contributed by atoms with Crippen LogP contribution in [-0.2, 0) is 6.42 Å². The lowest BCUT2D eigenvalue weighted by Gasteiger charge is -2.17. The predicted octanol–water partition coefficient (Wildman–Crippen LogP) is 8.07. The normalized spacial score (nSPS) is 11.0. The molecule has 0 fully saturated rings. The molecule has 0 aliphatic carbocycles. The molecule has 0 aromatic heterocycles. The fourth-order valence-electron chi connectivity index (χ4n) is 4.43. The molecular formula is C30H24. The minimum atomic E-state index is 0.930. The molecule has 0 unspecified atom stereocenters. The highest BCUT2D eigenvalue weighted by Gasteiger charge is 2.14. The summed E-state index contributed by atoms with van der Waals surface area (Å²) in [4.78, 5) is 0. The van der Waals surface area contributed by atoms with Crippen molar-refractivity contribution in [3.05, 3.63) is 132 Å². The molecule has 0 atom stereocenters. The topological polar surface area (TPSA) is 0 Å². The lowest BCUT2D eigenvalue weighted by atomic mass is 9.86. The van der Waals surface area contributed by atoms with Crippen LogP contribution in [-0.4, -0.2) is 0 Å². The summed E-state index contributed by atoms with van der Waals surface area (Å²) in [5.41, 5.74) is 9.23. The van der Waals surface area contributed by atoms with E-state index in [2.05, 4.69) is 122 Å². The van der Waals surface area contributed by atoms with Gasteiger partial charge in [0.25, 0.3) is 0 Å². The van der Waals surface area contributed by atoms with Gasteiger partial charge in [-0.25, -0.2) is 0 Å². The molecule has 144 valence electrons. The van der Waals surface area contributed by atoms with Crippen LogP contribution >= 0.6 is 0 Å². The van der Waals surface area contributed by atoms with Gasteiger partial charge in [0.2, 0.25) is 0 Å². The molecule has 0 saturated heterocycles. The molecule has 0 nitrogen and oxygen atoms in total. The molecule has 5 aromatic rings. The maximum absolute atomic E-state index is 2.27. The molecule has 0 spiro atoms. The highest BCUT2D eigenvalue weighted by molar-refractivity contribution is 6.02. The quantitative estimate of drug-likeness (QED) is 0.294. The van der Waals surface area contributed by atoms with E-state index in [1.165, 1.54) is 49.7 Å². The van der Waals surface area contributed by atoms with Crippen molar-refractivity contribution < 1.29 is 0 Å². The first-order chi connectivity index (χ1) is 14.8. The second kappa shape index (κ2) is 8.00. The maximum Gasteiger partial charge on any atom is -0.00196 e. The van der Waals surface area contributed by atoms with E-state index in [9.17, 15) is 0 Å². The number of rotatable bonds is 4. The molecule has 30 heavy (non-hydrogen) atoms. The van der Waals surface area contributed by atoms with Crippen molar-refractivity contribution in [3.8, 4) is 22.3 Å². The van der Waals surface area contributed by atoms with Crippen LogP contribution in [0.5, 0.6) is 0 Å². The van der Waals surface area contributed by atoms with Crippen LogP contribution in [0, 0.1) is 6.92 Å². The lowest BCUT2D eigenvalue weighted by Crippen LogP contribution is -1.95. The summed E-state index contributed by atoms with van der Waals surface area (Å²) in [7, 11) is 0. The lowest BCUT2D eigenvalue weighted by molar-refractivity contribution is 1.19. The highest BCUT2D eigenvalue weighted by Crippen LogP contribution is 2.39. The van der Waals surface area contributed by atoms with Crippen LogP contribution in [0.3, 0.4) is 0 Å². The molecule has 5 aromatic carbocycles. The van der Waals surface area contributed by atoms with E-state index in [0.29, 0.717) is 0 Å². The molecule has 0 heteroatoms. The third-order valence-corrected chi connectivity index (χ3v) is 5.88. The Morgan fingerprint density at radius 3 is 1.97 bits per heavy atom. The largest absolute Gasteiger partial charge is 0.0622 e. The first kappa shape index (κ1) is 18.4. The standard InChI is InChI=1S/C30H24/c1-22-19-20-24-13-5-8-16-27(24)30(22)29-18-10-9-17-28(29)26-15-7-6-14-25(26)21-23-11-3-2-4-12-23/h2-20H,21H2,1H3. The Hall–Kier alpha value is -3.64. The highest BCUT2D eigenvalue weighted by atomic mass is 14.2. The van der Waals surface area contributed by atoms with Gasteiger partial charge in [0.1, 0.15) is 0 Å². The SMILES string of the molecule is Cc1ccc2ccccc2c1-c1ccccc1-c1ccccc1Cc1ccccc1. The van der Waals surface area contributed by atoms with Gasteiger partial charge < -0.3 is 0 Å². The van der Waals surface area contributed by atoms with E-state index in [0.717, 1.165) is 6.42 Å². The van der Waals surface area contributed by atoms with Crippen molar-refractivity contribution in [3.63, 3.8) is 0 Å². The van der Waals surface area contributed by atoms with E-state index >= 15 is 0 Å². The van der Waals surface area contributed by atoms with Crippen LogP contribution in [0.15, 0.2) is 115 Å². The van der Waals surface area contributed by atoms with Crippen LogP contribution in [0.2, 0.25) is 0 Å². The van der Waals surface area contributed by atoms with Gasteiger partial charge in [-0.2, -0.15) is 0 Å². The van der Waals surface area contributed by atoms with Crippen LogP contribution in [0.1, 0.15) is 16.7 Å². The molecule has 0 heterocycles. The number of hydrogen-bond donors (Lipinski definition) is 0. The first-order valence-corrected chi connectivity index (χ1v) is 10.5. The Bertz CT molecular complexity index is 1310. The first-order valence-electron chi connectivity index (χ1n) is 10.5. The van der Waals surface area contributed by atoms with E-state index in [1.54, 1.807) is 0 Å². The van der Waals surface area contributed by atoms with Crippen LogP contribution in [0.4, 0.5) is 0 Å². The van der Waals surface area contributed by atoms with Crippen molar-refractivity contribution in [2.75, 3.05) is 0 Å². The zero-order chi connectivity index (χ0) is 20.3. The number of hydrogen-bond acceptors (Lipinski definition) is 0. The molecule has 0 bridgehead atoms. The summed E-state index contributed by atoms with van der Waals surface area (Å²) in [6, 6.07) is 41.5. The molecule has 0 saturated carbocycles. The predicted molar refractivity (Wildman–Crippen MR) is 129 cm³/mol. The Morgan fingerprint density at radius 1 is 0.500 bits per heavy atom. The van der Waals surface area contributed by atoms with Crippen molar-refractivity contribution in [1.82, 2.24) is 0 Å². The third-order valence-electron chi connectivity index (χ3n) is 5.88.